The van der Waals surface area contributed by atoms with E-state index in [1.165, 1.54) is 25.9 Å². The summed E-state index contributed by atoms with van der Waals surface area (Å²) in [6.45, 7) is 10.6. The fourth-order valence-corrected chi connectivity index (χ4v) is 3.45. The molecule has 2 aliphatic rings. The number of piperidine rings is 2. The molecule has 1 amide bonds. The van der Waals surface area contributed by atoms with Crippen LogP contribution in [0, 0.1) is 11.3 Å². The summed E-state index contributed by atoms with van der Waals surface area (Å²) in [5.74, 6) is 1.16. The van der Waals surface area contributed by atoms with Crippen molar-refractivity contribution in [3.63, 3.8) is 0 Å². The van der Waals surface area contributed by atoms with Crippen molar-refractivity contribution in [2.24, 2.45) is 11.3 Å². The summed E-state index contributed by atoms with van der Waals surface area (Å²) in [6, 6.07) is 0. The molecular weight excluding hydrogens is 250 g/mol. The normalized spacial score (nSPS) is 24.5. The van der Waals surface area contributed by atoms with Gasteiger partial charge in [-0.3, -0.25) is 4.79 Å². The van der Waals surface area contributed by atoms with Crippen LogP contribution < -0.4 is 10.6 Å². The van der Waals surface area contributed by atoms with Crippen LogP contribution in [0.25, 0.3) is 0 Å². The maximum absolute atomic E-state index is 12.5. The number of carbonyl (C=O) groups is 1. The quantitative estimate of drug-likeness (QED) is 0.805. The van der Waals surface area contributed by atoms with Crippen molar-refractivity contribution >= 4 is 5.91 Å². The molecule has 0 unspecified atom stereocenters. The van der Waals surface area contributed by atoms with Gasteiger partial charge in [0.05, 0.1) is 5.41 Å². The van der Waals surface area contributed by atoms with Crippen LogP contribution in [0.3, 0.4) is 0 Å². The SMILES string of the molecule is CCC1(C(=O)NCCN2CCC(C)CC2)CCNCC1. The zero-order valence-corrected chi connectivity index (χ0v) is 13.2. The summed E-state index contributed by atoms with van der Waals surface area (Å²) in [5, 5.41) is 6.55. The molecule has 0 aromatic carbocycles. The maximum Gasteiger partial charge on any atom is 0.226 e. The van der Waals surface area contributed by atoms with E-state index in [1.807, 2.05) is 0 Å². The molecule has 0 aliphatic carbocycles. The average molecular weight is 281 g/mol. The Bertz CT molecular complexity index is 305. The first kappa shape index (κ1) is 15.8. The second-order valence-electron chi connectivity index (χ2n) is 6.66. The third-order valence-corrected chi connectivity index (χ3v) is 5.31. The number of nitrogens with one attached hydrogen (secondary N) is 2. The van der Waals surface area contributed by atoms with Crippen LogP contribution in [0.4, 0.5) is 0 Å². The zero-order chi connectivity index (χ0) is 14.4. The first-order chi connectivity index (χ1) is 9.66. The van der Waals surface area contributed by atoms with Crippen LogP contribution in [0.5, 0.6) is 0 Å². The summed E-state index contributed by atoms with van der Waals surface area (Å²) in [5.41, 5.74) is -0.109. The number of hydrogen-bond acceptors (Lipinski definition) is 3. The molecule has 2 heterocycles. The summed E-state index contributed by atoms with van der Waals surface area (Å²) in [7, 11) is 0. The van der Waals surface area contributed by atoms with Gasteiger partial charge in [-0.1, -0.05) is 13.8 Å². The molecule has 4 nitrogen and oxygen atoms in total. The molecule has 0 radical (unpaired) electrons. The molecule has 2 saturated heterocycles. The lowest BCUT2D eigenvalue weighted by Crippen LogP contribution is -2.49. The Kier molecular flexibility index (Phi) is 5.85. The van der Waals surface area contributed by atoms with E-state index < -0.39 is 0 Å². The lowest BCUT2D eigenvalue weighted by Gasteiger charge is -2.36. The van der Waals surface area contributed by atoms with Gasteiger partial charge in [0.2, 0.25) is 5.91 Å². The highest BCUT2D eigenvalue weighted by atomic mass is 16.2. The molecule has 4 heteroatoms. The van der Waals surface area contributed by atoms with Crippen LogP contribution in [0.2, 0.25) is 0 Å². The number of nitrogens with zero attached hydrogens (tertiary/aromatic N) is 1. The Morgan fingerprint density at radius 3 is 2.55 bits per heavy atom. The highest BCUT2D eigenvalue weighted by Crippen LogP contribution is 2.32. The Labute approximate surface area is 123 Å². The monoisotopic (exact) mass is 281 g/mol. The summed E-state index contributed by atoms with van der Waals surface area (Å²) in [4.78, 5) is 15.0. The van der Waals surface area contributed by atoms with E-state index >= 15 is 0 Å². The number of rotatable bonds is 5. The van der Waals surface area contributed by atoms with Gasteiger partial charge in [-0.15, -0.1) is 0 Å². The summed E-state index contributed by atoms with van der Waals surface area (Å²) < 4.78 is 0. The fraction of sp³-hybridized carbons (Fsp3) is 0.938. The molecule has 2 aliphatic heterocycles. The zero-order valence-electron chi connectivity index (χ0n) is 13.2. The van der Waals surface area contributed by atoms with Gasteiger partial charge in [0.1, 0.15) is 0 Å². The largest absolute Gasteiger partial charge is 0.354 e. The van der Waals surface area contributed by atoms with Gasteiger partial charge in [0.15, 0.2) is 0 Å². The Morgan fingerprint density at radius 2 is 1.95 bits per heavy atom. The molecule has 0 spiro atoms. The van der Waals surface area contributed by atoms with E-state index in [4.69, 9.17) is 0 Å². The fourth-order valence-electron chi connectivity index (χ4n) is 3.45. The van der Waals surface area contributed by atoms with Crippen molar-refractivity contribution in [2.45, 2.75) is 46.0 Å². The number of hydrogen-bond donors (Lipinski definition) is 2. The van der Waals surface area contributed by atoms with Crippen molar-refractivity contribution in [1.82, 2.24) is 15.5 Å². The van der Waals surface area contributed by atoms with Crippen LogP contribution in [0.15, 0.2) is 0 Å². The first-order valence-electron chi connectivity index (χ1n) is 8.38. The molecule has 0 saturated carbocycles. The third-order valence-electron chi connectivity index (χ3n) is 5.31. The minimum absolute atomic E-state index is 0.109. The summed E-state index contributed by atoms with van der Waals surface area (Å²) in [6.07, 6.45) is 5.53. The van der Waals surface area contributed by atoms with Gasteiger partial charge in [0.25, 0.3) is 0 Å². The van der Waals surface area contributed by atoms with Crippen molar-refractivity contribution in [3.05, 3.63) is 0 Å². The van der Waals surface area contributed by atoms with Crippen LogP contribution in [0.1, 0.15) is 46.0 Å². The van der Waals surface area contributed by atoms with Crippen molar-refractivity contribution in [2.75, 3.05) is 39.3 Å². The Balaban J connectivity index is 1.71. The van der Waals surface area contributed by atoms with Crippen molar-refractivity contribution in [1.29, 1.82) is 0 Å². The second-order valence-corrected chi connectivity index (χ2v) is 6.66. The van der Waals surface area contributed by atoms with E-state index in [2.05, 4.69) is 29.4 Å². The molecule has 0 bridgehead atoms. The lowest BCUT2D eigenvalue weighted by atomic mass is 9.76. The van der Waals surface area contributed by atoms with Crippen LogP contribution in [-0.2, 0) is 4.79 Å². The van der Waals surface area contributed by atoms with Gasteiger partial charge >= 0.3 is 0 Å². The molecule has 2 N–H and O–H groups in total. The van der Waals surface area contributed by atoms with E-state index in [9.17, 15) is 4.79 Å². The Morgan fingerprint density at radius 1 is 1.30 bits per heavy atom. The van der Waals surface area contributed by atoms with E-state index in [1.54, 1.807) is 0 Å². The van der Waals surface area contributed by atoms with Gasteiger partial charge in [-0.05, 0) is 64.2 Å². The molecular formula is C16H31N3O. The van der Waals surface area contributed by atoms with Crippen LogP contribution >= 0.6 is 0 Å². The standard InChI is InChI=1S/C16H31N3O/c1-3-16(6-8-17-9-7-16)15(20)18-10-13-19-11-4-14(2)5-12-19/h14,17H,3-13H2,1-2H3,(H,18,20). The molecule has 2 fully saturated rings. The first-order valence-corrected chi connectivity index (χ1v) is 8.38. The van der Waals surface area contributed by atoms with Crippen molar-refractivity contribution < 1.29 is 4.79 Å². The number of carbonyl (C=O) groups excluding carboxylic acids is 1. The minimum Gasteiger partial charge on any atom is -0.354 e. The van der Waals surface area contributed by atoms with Gasteiger partial charge in [-0.2, -0.15) is 0 Å². The second kappa shape index (κ2) is 7.41. The van der Waals surface area contributed by atoms with Crippen LogP contribution in [-0.4, -0.2) is 50.1 Å². The van der Waals surface area contributed by atoms with E-state index in [-0.39, 0.29) is 11.3 Å². The van der Waals surface area contributed by atoms with E-state index in [0.29, 0.717) is 0 Å². The van der Waals surface area contributed by atoms with Gasteiger partial charge in [0, 0.05) is 13.1 Å². The van der Waals surface area contributed by atoms with E-state index in [0.717, 1.165) is 51.4 Å². The molecule has 0 aromatic heterocycles. The summed E-state index contributed by atoms with van der Waals surface area (Å²) >= 11 is 0. The predicted molar refractivity (Wildman–Crippen MR) is 82.7 cm³/mol. The number of amides is 1. The average Bonchev–Trinajstić information content (AvgIpc) is 2.50. The van der Waals surface area contributed by atoms with Gasteiger partial charge in [-0.25, -0.2) is 0 Å². The third kappa shape index (κ3) is 3.95. The maximum atomic E-state index is 12.5. The Hall–Kier alpha value is -0.610. The number of likely N-dealkylation sites (tertiary alicyclic amines) is 1. The molecule has 116 valence electrons. The smallest absolute Gasteiger partial charge is 0.226 e. The topological polar surface area (TPSA) is 44.4 Å². The molecule has 0 atom stereocenters. The highest BCUT2D eigenvalue weighted by molar-refractivity contribution is 5.82. The van der Waals surface area contributed by atoms with Crippen molar-refractivity contribution in [3.8, 4) is 0 Å². The molecule has 2 rings (SSSR count). The minimum atomic E-state index is -0.109. The lowest BCUT2D eigenvalue weighted by molar-refractivity contribution is -0.132. The highest BCUT2D eigenvalue weighted by Gasteiger charge is 2.37. The van der Waals surface area contributed by atoms with Gasteiger partial charge < -0.3 is 15.5 Å². The predicted octanol–water partition coefficient (Wildman–Crippen LogP) is 1.61. The molecule has 0 aromatic rings. The molecule has 20 heavy (non-hydrogen) atoms.